The van der Waals surface area contributed by atoms with Gasteiger partial charge in [0.25, 0.3) is 0 Å². The van der Waals surface area contributed by atoms with Crippen LogP contribution in [0.4, 0.5) is 11.8 Å². The van der Waals surface area contributed by atoms with Gasteiger partial charge in [-0.2, -0.15) is 4.98 Å². The Kier molecular flexibility index (Phi) is 4.08. The van der Waals surface area contributed by atoms with Gasteiger partial charge >= 0.3 is 0 Å². The number of nitrogens with one attached hydrogen (secondary N) is 1. The number of benzene rings is 1. The van der Waals surface area contributed by atoms with Gasteiger partial charge < -0.3 is 16.2 Å². The lowest BCUT2D eigenvalue weighted by Gasteiger charge is -2.19. The first-order valence-electron chi connectivity index (χ1n) is 6.70. The molecule has 1 atom stereocenters. The summed E-state index contributed by atoms with van der Waals surface area (Å²) in [6.07, 6.45) is 0.821. The SMILES string of the molecule is CCc1c(C)nc(N)nc1NC(C)c1ccccc1O. The van der Waals surface area contributed by atoms with Crippen molar-refractivity contribution in [1.29, 1.82) is 0 Å². The van der Waals surface area contributed by atoms with Gasteiger partial charge in [-0.25, -0.2) is 4.98 Å². The Bertz CT molecular complexity index is 613. The number of anilines is 2. The van der Waals surface area contributed by atoms with Gasteiger partial charge in [0.15, 0.2) is 0 Å². The first-order valence-corrected chi connectivity index (χ1v) is 6.70. The van der Waals surface area contributed by atoms with Crippen LogP contribution < -0.4 is 11.1 Å². The van der Waals surface area contributed by atoms with E-state index in [9.17, 15) is 5.11 Å². The summed E-state index contributed by atoms with van der Waals surface area (Å²) in [7, 11) is 0. The maximum atomic E-state index is 9.90. The fourth-order valence-corrected chi connectivity index (χ4v) is 2.30. The molecule has 1 aromatic carbocycles. The number of hydrogen-bond acceptors (Lipinski definition) is 5. The summed E-state index contributed by atoms with van der Waals surface area (Å²) in [4.78, 5) is 8.45. The van der Waals surface area contributed by atoms with E-state index in [2.05, 4.69) is 22.2 Å². The maximum absolute atomic E-state index is 9.90. The summed E-state index contributed by atoms with van der Waals surface area (Å²) in [6.45, 7) is 5.95. The summed E-state index contributed by atoms with van der Waals surface area (Å²) in [5, 5.41) is 13.2. The molecule has 0 aliphatic heterocycles. The van der Waals surface area contributed by atoms with E-state index in [0.717, 1.165) is 29.1 Å². The predicted octanol–water partition coefficient (Wildman–Crippen LogP) is 2.81. The second-order valence-electron chi connectivity index (χ2n) is 4.77. The molecule has 0 bridgehead atoms. The Morgan fingerprint density at radius 2 is 2.00 bits per heavy atom. The van der Waals surface area contributed by atoms with Gasteiger partial charge in [0.05, 0.1) is 6.04 Å². The number of phenolic OH excluding ortho intramolecular Hbond substituents is 1. The summed E-state index contributed by atoms with van der Waals surface area (Å²) in [5.41, 5.74) is 8.46. The van der Waals surface area contributed by atoms with Crippen LogP contribution in [0.25, 0.3) is 0 Å². The first-order chi connectivity index (χ1) is 9.52. The molecule has 5 nitrogen and oxygen atoms in total. The largest absolute Gasteiger partial charge is 0.508 e. The average Bonchev–Trinajstić information content (AvgIpc) is 2.38. The lowest BCUT2D eigenvalue weighted by Crippen LogP contribution is -2.13. The lowest BCUT2D eigenvalue weighted by molar-refractivity contribution is 0.465. The molecule has 5 heteroatoms. The molecule has 106 valence electrons. The van der Waals surface area contributed by atoms with E-state index in [1.165, 1.54) is 0 Å². The minimum absolute atomic E-state index is 0.0739. The van der Waals surface area contributed by atoms with Crippen molar-refractivity contribution < 1.29 is 5.11 Å². The highest BCUT2D eigenvalue weighted by Gasteiger charge is 2.14. The van der Waals surface area contributed by atoms with Crippen molar-refractivity contribution in [1.82, 2.24) is 9.97 Å². The van der Waals surface area contributed by atoms with Gasteiger partial charge in [-0.15, -0.1) is 0 Å². The van der Waals surface area contributed by atoms with Gasteiger partial charge in [-0.1, -0.05) is 25.1 Å². The van der Waals surface area contributed by atoms with Crippen LogP contribution in [0, 0.1) is 6.92 Å². The van der Waals surface area contributed by atoms with Gasteiger partial charge in [-0.05, 0) is 26.3 Å². The van der Waals surface area contributed by atoms with Crippen molar-refractivity contribution in [2.24, 2.45) is 0 Å². The Balaban J connectivity index is 2.33. The zero-order valence-corrected chi connectivity index (χ0v) is 12.0. The van der Waals surface area contributed by atoms with Crippen LogP contribution in [-0.2, 0) is 6.42 Å². The summed E-state index contributed by atoms with van der Waals surface area (Å²) in [6, 6.07) is 7.18. The number of aryl methyl sites for hydroxylation is 1. The molecule has 0 saturated carbocycles. The fourth-order valence-electron chi connectivity index (χ4n) is 2.30. The number of rotatable bonds is 4. The highest BCUT2D eigenvalue weighted by molar-refractivity contribution is 5.51. The zero-order valence-electron chi connectivity index (χ0n) is 12.0. The van der Waals surface area contributed by atoms with Crippen molar-refractivity contribution >= 4 is 11.8 Å². The molecule has 0 saturated heterocycles. The highest BCUT2D eigenvalue weighted by atomic mass is 16.3. The van der Waals surface area contributed by atoms with Crippen molar-refractivity contribution in [2.45, 2.75) is 33.2 Å². The molecule has 0 amide bonds. The van der Waals surface area contributed by atoms with E-state index in [1.54, 1.807) is 12.1 Å². The smallest absolute Gasteiger partial charge is 0.222 e. The molecule has 0 radical (unpaired) electrons. The van der Waals surface area contributed by atoms with Crippen LogP contribution >= 0.6 is 0 Å². The molecule has 1 aromatic heterocycles. The third kappa shape index (κ3) is 2.82. The standard InChI is InChI=1S/C15H20N4O/c1-4-11-9(2)18-15(16)19-14(11)17-10(3)12-7-5-6-8-13(12)20/h5-8,10,20H,4H2,1-3H3,(H3,16,17,18,19). The zero-order chi connectivity index (χ0) is 14.7. The van der Waals surface area contributed by atoms with E-state index in [0.29, 0.717) is 0 Å². The van der Waals surface area contributed by atoms with E-state index < -0.39 is 0 Å². The number of nitrogens with two attached hydrogens (primary N) is 1. The minimum atomic E-state index is -0.0739. The van der Waals surface area contributed by atoms with E-state index in [-0.39, 0.29) is 17.7 Å². The molecule has 0 aliphatic rings. The number of nitrogens with zero attached hydrogens (tertiary/aromatic N) is 2. The van der Waals surface area contributed by atoms with Crippen molar-refractivity contribution in [2.75, 3.05) is 11.1 Å². The number of aromatic nitrogens is 2. The highest BCUT2D eigenvalue weighted by Crippen LogP contribution is 2.28. The van der Waals surface area contributed by atoms with Crippen molar-refractivity contribution in [3.63, 3.8) is 0 Å². The third-order valence-electron chi connectivity index (χ3n) is 3.34. The molecule has 1 heterocycles. The van der Waals surface area contributed by atoms with Crippen LogP contribution in [0.15, 0.2) is 24.3 Å². The van der Waals surface area contributed by atoms with Gasteiger partial charge in [0.2, 0.25) is 5.95 Å². The molecule has 1 unspecified atom stereocenters. The fraction of sp³-hybridized carbons (Fsp3) is 0.333. The van der Waals surface area contributed by atoms with E-state index >= 15 is 0 Å². The Morgan fingerprint density at radius 1 is 1.30 bits per heavy atom. The van der Waals surface area contributed by atoms with Gasteiger partial charge in [0, 0.05) is 16.8 Å². The average molecular weight is 272 g/mol. The maximum Gasteiger partial charge on any atom is 0.222 e. The van der Waals surface area contributed by atoms with Gasteiger partial charge in [0.1, 0.15) is 11.6 Å². The normalized spacial score (nSPS) is 12.2. The summed E-state index contributed by atoms with van der Waals surface area (Å²) < 4.78 is 0. The van der Waals surface area contributed by atoms with Crippen LogP contribution in [0.5, 0.6) is 5.75 Å². The molecule has 20 heavy (non-hydrogen) atoms. The number of hydrogen-bond donors (Lipinski definition) is 3. The minimum Gasteiger partial charge on any atom is -0.508 e. The van der Waals surface area contributed by atoms with Crippen LogP contribution in [0.1, 0.15) is 36.7 Å². The summed E-state index contributed by atoms with van der Waals surface area (Å²) in [5.74, 6) is 1.25. The molecular formula is C15H20N4O. The van der Waals surface area contributed by atoms with Crippen LogP contribution in [0.2, 0.25) is 0 Å². The molecule has 0 aliphatic carbocycles. The van der Waals surface area contributed by atoms with Crippen LogP contribution in [-0.4, -0.2) is 15.1 Å². The molecule has 2 rings (SSSR count). The molecule has 0 fully saturated rings. The van der Waals surface area contributed by atoms with Gasteiger partial charge in [-0.3, -0.25) is 0 Å². The second kappa shape index (κ2) is 5.77. The monoisotopic (exact) mass is 272 g/mol. The number of nitrogen functional groups attached to an aromatic ring is 1. The lowest BCUT2D eigenvalue weighted by atomic mass is 10.1. The second-order valence-corrected chi connectivity index (χ2v) is 4.77. The third-order valence-corrected chi connectivity index (χ3v) is 3.34. The topological polar surface area (TPSA) is 84.1 Å². The van der Waals surface area contributed by atoms with Crippen molar-refractivity contribution in [3.05, 3.63) is 41.1 Å². The Labute approximate surface area is 118 Å². The summed E-state index contributed by atoms with van der Waals surface area (Å²) >= 11 is 0. The predicted molar refractivity (Wildman–Crippen MR) is 80.7 cm³/mol. The molecule has 2 aromatic rings. The van der Waals surface area contributed by atoms with E-state index in [4.69, 9.17) is 5.73 Å². The quantitative estimate of drug-likeness (QED) is 0.797. The Morgan fingerprint density at radius 3 is 2.65 bits per heavy atom. The van der Waals surface area contributed by atoms with Crippen LogP contribution in [0.3, 0.4) is 0 Å². The first kappa shape index (κ1) is 14.1. The molecular weight excluding hydrogens is 252 g/mol. The number of para-hydroxylation sites is 1. The Hall–Kier alpha value is -2.30. The van der Waals surface area contributed by atoms with E-state index in [1.807, 2.05) is 26.0 Å². The number of aromatic hydroxyl groups is 1. The number of phenols is 1. The van der Waals surface area contributed by atoms with Crippen molar-refractivity contribution in [3.8, 4) is 5.75 Å². The molecule has 4 N–H and O–H groups in total. The molecule has 0 spiro atoms.